The minimum Gasteiger partial charge on any atom is -0.457 e. The second-order valence-electron chi connectivity index (χ2n) is 12.1. The van der Waals surface area contributed by atoms with Crippen molar-refractivity contribution in [2.45, 2.75) is 38.5 Å². The van der Waals surface area contributed by atoms with Crippen molar-refractivity contribution in [3.63, 3.8) is 0 Å². The van der Waals surface area contributed by atoms with Crippen LogP contribution < -0.4 is 10.1 Å². The highest BCUT2D eigenvalue weighted by molar-refractivity contribution is 7.85. The maximum Gasteiger partial charge on any atom is 0.266 e. The van der Waals surface area contributed by atoms with E-state index in [-0.39, 0.29) is 17.9 Å². The van der Waals surface area contributed by atoms with Crippen molar-refractivity contribution in [1.29, 1.82) is 0 Å². The zero-order valence-electron chi connectivity index (χ0n) is 25.7. The van der Waals surface area contributed by atoms with Crippen LogP contribution in [0.2, 0.25) is 5.02 Å². The van der Waals surface area contributed by atoms with Gasteiger partial charge in [-0.3, -0.25) is 9.35 Å². The van der Waals surface area contributed by atoms with Crippen LogP contribution in [0.3, 0.4) is 0 Å². The Kier molecular flexibility index (Phi) is 9.96. The molecule has 1 heterocycles. The molecule has 0 fully saturated rings. The number of carbonyl (C=O) groups is 1. The summed E-state index contributed by atoms with van der Waals surface area (Å²) in [5, 5.41) is 7.63. The van der Waals surface area contributed by atoms with Gasteiger partial charge in [-0.25, -0.2) is 0 Å². The Bertz CT molecular complexity index is 1880. The number of ether oxygens (including phenoxy) is 1. The van der Waals surface area contributed by atoms with Gasteiger partial charge in [-0.15, -0.1) is 0 Å². The average Bonchev–Trinajstić information content (AvgIpc) is 3.51. The summed E-state index contributed by atoms with van der Waals surface area (Å²) in [6.45, 7) is 6.35. The molecule has 8 nitrogen and oxygen atoms in total. The molecule has 1 atom stereocenters. The maximum atomic E-state index is 12.5. The van der Waals surface area contributed by atoms with Gasteiger partial charge >= 0.3 is 0 Å². The first-order chi connectivity index (χ1) is 21.8. The van der Waals surface area contributed by atoms with Crippen molar-refractivity contribution >= 4 is 27.6 Å². The molecule has 0 saturated heterocycles. The van der Waals surface area contributed by atoms with Crippen LogP contribution in [0.1, 0.15) is 59.4 Å². The Morgan fingerprint density at radius 3 is 2.11 bits per heavy atom. The third-order valence-corrected chi connectivity index (χ3v) is 8.53. The molecule has 0 radical (unpaired) electrons. The monoisotopic (exact) mass is 658 g/mol. The van der Waals surface area contributed by atoms with E-state index in [0.29, 0.717) is 34.3 Å². The fourth-order valence-corrected chi connectivity index (χ4v) is 5.43. The molecule has 0 aliphatic heterocycles. The molecule has 1 aromatic heterocycles. The third-order valence-electron chi connectivity index (χ3n) is 7.55. The van der Waals surface area contributed by atoms with Crippen LogP contribution in [-0.4, -0.2) is 36.3 Å². The van der Waals surface area contributed by atoms with Crippen molar-refractivity contribution in [1.82, 2.24) is 10.5 Å². The van der Waals surface area contributed by atoms with Crippen molar-refractivity contribution in [3.8, 4) is 22.8 Å². The number of hydrogen-bond donors (Lipinski definition) is 2. The molecule has 5 rings (SSSR count). The Labute approximate surface area is 274 Å². The highest BCUT2D eigenvalue weighted by Crippen LogP contribution is 2.34. The number of aromatic nitrogens is 1. The summed E-state index contributed by atoms with van der Waals surface area (Å²) < 4.78 is 42.5. The lowest BCUT2D eigenvalue weighted by Gasteiger charge is -2.21. The summed E-state index contributed by atoms with van der Waals surface area (Å²) >= 11 is 5.97. The second-order valence-corrected chi connectivity index (χ2v) is 14.1. The highest BCUT2D eigenvalue weighted by Gasteiger charge is 2.22. The van der Waals surface area contributed by atoms with E-state index in [0.717, 1.165) is 22.4 Å². The molecule has 0 spiro atoms. The third kappa shape index (κ3) is 8.84. The average molecular weight is 659 g/mol. The molecule has 0 aliphatic carbocycles. The van der Waals surface area contributed by atoms with Gasteiger partial charge in [0.15, 0.2) is 5.76 Å². The predicted octanol–water partition coefficient (Wildman–Crippen LogP) is 8.08. The molecule has 10 heteroatoms. The van der Waals surface area contributed by atoms with Gasteiger partial charge in [0.05, 0.1) is 11.4 Å². The van der Waals surface area contributed by atoms with E-state index < -0.39 is 21.8 Å². The Hall–Kier alpha value is -4.44. The highest BCUT2D eigenvalue weighted by atomic mass is 35.5. The number of hydrogen-bond acceptors (Lipinski definition) is 6. The number of benzene rings is 4. The number of rotatable bonds is 11. The van der Waals surface area contributed by atoms with Crippen molar-refractivity contribution in [3.05, 3.63) is 136 Å². The molecule has 46 heavy (non-hydrogen) atoms. The topological polar surface area (TPSA) is 119 Å². The number of nitrogens with one attached hydrogen (secondary N) is 1. The van der Waals surface area contributed by atoms with Crippen molar-refractivity contribution in [2.24, 2.45) is 0 Å². The molecular weight excluding hydrogens is 624 g/mol. The molecular formula is C36H35ClN2O6S. The molecule has 1 amide bonds. The first-order valence-electron chi connectivity index (χ1n) is 14.8. The number of amides is 1. The zero-order chi connectivity index (χ0) is 32.9. The predicted molar refractivity (Wildman–Crippen MR) is 179 cm³/mol. The van der Waals surface area contributed by atoms with E-state index in [1.54, 1.807) is 24.3 Å². The van der Waals surface area contributed by atoms with Crippen LogP contribution in [-0.2, 0) is 22.0 Å². The van der Waals surface area contributed by atoms with E-state index >= 15 is 0 Å². The van der Waals surface area contributed by atoms with Crippen LogP contribution >= 0.6 is 11.6 Å². The van der Waals surface area contributed by atoms with E-state index in [9.17, 15) is 13.2 Å². The molecule has 0 saturated carbocycles. The first-order valence-corrected chi connectivity index (χ1v) is 16.8. The summed E-state index contributed by atoms with van der Waals surface area (Å²) in [6, 6.07) is 32.4. The van der Waals surface area contributed by atoms with E-state index in [2.05, 4.69) is 55.5 Å². The van der Waals surface area contributed by atoms with Gasteiger partial charge in [-0.1, -0.05) is 73.9 Å². The molecule has 1 unspecified atom stereocenters. The molecule has 2 N–H and O–H groups in total. The summed E-state index contributed by atoms with van der Waals surface area (Å²) in [4.78, 5) is 12.5. The molecule has 0 aliphatic rings. The van der Waals surface area contributed by atoms with Gasteiger partial charge in [0.2, 0.25) is 0 Å². The molecule has 238 valence electrons. The van der Waals surface area contributed by atoms with Crippen molar-refractivity contribution in [2.75, 3.05) is 12.3 Å². The van der Waals surface area contributed by atoms with Gasteiger partial charge in [-0.05, 0) is 89.2 Å². The molecule has 4 aromatic carbocycles. The summed E-state index contributed by atoms with van der Waals surface area (Å²) in [6.07, 6.45) is 0.597. The quantitative estimate of drug-likeness (QED) is 0.138. The smallest absolute Gasteiger partial charge is 0.266 e. The second kappa shape index (κ2) is 13.9. The minimum absolute atomic E-state index is 0.0102. The first kappa shape index (κ1) is 32.9. The summed E-state index contributed by atoms with van der Waals surface area (Å²) in [5.41, 5.74) is 5.30. The normalized spacial score (nSPS) is 12.5. The van der Waals surface area contributed by atoms with Gasteiger partial charge < -0.3 is 14.6 Å². The van der Waals surface area contributed by atoms with Crippen LogP contribution in [0.5, 0.6) is 11.5 Å². The minimum atomic E-state index is -4.15. The van der Waals surface area contributed by atoms with E-state index in [1.165, 1.54) is 5.56 Å². The largest absolute Gasteiger partial charge is 0.457 e. The fraction of sp³-hybridized carbons (Fsp3) is 0.222. The van der Waals surface area contributed by atoms with Crippen LogP contribution in [0.4, 0.5) is 0 Å². The Balaban J connectivity index is 1.36. The lowest BCUT2D eigenvalue weighted by atomic mass is 9.83. The van der Waals surface area contributed by atoms with Crippen LogP contribution in [0.25, 0.3) is 11.3 Å². The van der Waals surface area contributed by atoms with E-state index in [1.807, 2.05) is 54.6 Å². The zero-order valence-corrected chi connectivity index (χ0v) is 27.3. The van der Waals surface area contributed by atoms with Gasteiger partial charge in [0, 0.05) is 34.7 Å². The number of nitrogens with zero attached hydrogens (tertiary/aromatic N) is 1. The lowest BCUT2D eigenvalue weighted by molar-refractivity contribution is 0.0956. The fourth-order valence-electron chi connectivity index (χ4n) is 4.95. The van der Waals surface area contributed by atoms with Gasteiger partial charge in [-0.2, -0.15) is 8.42 Å². The maximum absolute atomic E-state index is 12.5. The van der Waals surface area contributed by atoms with Gasteiger partial charge in [0.1, 0.15) is 11.5 Å². The summed E-state index contributed by atoms with van der Waals surface area (Å²) in [5.74, 6) is 0.890. The number of halogens is 1. The lowest BCUT2D eigenvalue weighted by Crippen LogP contribution is -2.28. The van der Waals surface area contributed by atoms with Crippen LogP contribution in [0.15, 0.2) is 108 Å². The summed E-state index contributed by atoms with van der Waals surface area (Å²) in [7, 11) is -4.15. The molecule has 0 bridgehead atoms. The Morgan fingerprint density at radius 2 is 1.52 bits per heavy atom. The standard InChI is InChI=1S/C36H35ClN2O6S/c1-36(2,3)28-12-8-25(9-13-28)32(22-24-4-6-27(7-5-24)35(40)38-20-21-46(41,42)43)33-23-34(45-39-33)26-10-16-30(17-11-26)44-31-18-14-29(37)15-19-31/h4-19,23,32H,20-22H2,1-3H3,(H,38,40)(H,41,42,43). The van der Waals surface area contributed by atoms with Gasteiger partial charge in [0.25, 0.3) is 16.0 Å². The number of carbonyl (C=O) groups excluding carboxylic acids is 1. The SMILES string of the molecule is CC(C)(C)c1ccc(C(Cc2ccc(C(=O)NCCS(=O)(=O)O)cc2)c2cc(-c3ccc(Oc4ccc(Cl)cc4)cc3)on2)cc1. The molecule has 5 aromatic rings. The van der Waals surface area contributed by atoms with E-state index in [4.69, 9.17) is 25.4 Å². The Morgan fingerprint density at radius 1 is 0.913 bits per heavy atom. The van der Waals surface area contributed by atoms with Crippen LogP contribution in [0, 0.1) is 0 Å². The van der Waals surface area contributed by atoms with Crippen molar-refractivity contribution < 1.29 is 27.0 Å².